The van der Waals surface area contributed by atoms with Gasteiger partial charge >= 0.3 is 0 Å². The highest BCUT2D eigenvalue weighted by Gasteiger charge is 2.08. The molecule has 0 fully saturated rings. The first kappa shape index (κ1) is 11.0. The lowest BCUT2D eigenvalue weighted by Gasteiger charge is -2.15. The van der Waals surface area contributed by atoms with Gasteiger partial charge in [-0.05, 0) is 42.9 Å². The number of benzene rings is 1. The van der Waals surface area contributed by atoms with E-state index >= 15 is 0 Å². The molecule has 76 valence electrons. The van der Waals surface area contributed by atoms with Crippen LogP contribution in [0.3, 0.4) is 0 Å². The minimum Gasteiger partial charge on any atom is -0.0841 e. The van der Waals surface area contributed by atoms with Crippen molar-refractivity contribution in [3.05, 3.63) is 41.5 Å². The molecule has 1 rings (SSSR count). The Bertz CT molecular complexity index is 321. The van der Waals surface area contributed by atoms with E-state index in [0.29, 0.717) is 5.92 Å². The number of allylic oxidation sites excluding steroid dienone is 2. The molecule has 0 bridgehead atoms. The molecule has 0 aliphatic rings. The van der Waals surface area contributed by atoms with Crippen LogP contribution in [-0.4, -0.2) is 0 Å². The van der Waals surface area contributed by atoms with Crippen molar-refractivity contribution < 1.29 is 0 Å². The quantitative estimate of drug-likeness (QED) is 0.649. The van der Waals surface area contributed by atoms with Gasteiger partial charge in [0, 0.05) is 0 Å². The van der Waals surface area contributed by atoms with Gasteiger partial charge in [-0.25, -0.2) is 0 Å². The van der Waals surface area contributed by atoms with Crippen LogP contribution >= 0.6 is 0 Å². The zero-order valence-corrected chi connectivity index (χ0v) is 9.67. The summed E-state index contributed by atoms with van der Waals surface area (Å²) in [5, 5.41) is 0. The second-order valence-corrected chi connectivity index (χ2v) is 3.87. The smallest absolute Gasteiger partial charge is 0.0187 e. The molecule has 0 saturated heterocycles. The molecule has 0 aromatic heterocycles. The van der Waals surface area contributed by atoms with Gasteiger partial charge in [-0.15, -0.1) is 0 Å². The molecule has 14 heavy (non-hydrogen) atoms. The summed E-state index contributed by atoms with van der Waals surface area (Å²) in [6, 6.07) is 8.72. The fourth-order valence-corrected chi connectivity index (χ4v) is 1.66. The van der Waals surface area contributed by atoms with E-state index in [1.807, 2.05) is 0 Å². The van der Waals surface area contributed by atoms with Gasteiger partial charge in [0.1, 0.15) is 0 Å². The van der Waals surface area contributed by atoms with Gasteiger partial charge in [0.05, 0.1) is 0 Å². The third-order valence-corrected chi connectivity index (χ3v) is 2.96. The maximum Gasteiger partial charge on any atom is -0.0187 e. The number of rotatable bonds is 3. The van der Waals surface area contributed by atoms with Crippen molar-refractivity contribution in [1.82, 2.24) is 0 Å². The standard InChI is InChI=1S/C14H20/c1-5-11(3)13-9-7-8-10-14(13)12(4)6-2/h5,7-10,12H,6H2,1-4H3/b11-5-. The Kier molecular flexibility index (Phi) is 3.94. The molecule has 0 nitrogen and oxygen atoms in total. The van der Waals surface area contributed by atoms with Gasteiger partial charge in [-0.2, -0.15) is 0 Å². The first-order valence-electron chi connectivity index (χ1n) is 5.42. The van der Waals surface area contributed by atoms with E-state index in [1.54, 1.807) is 0 Å². The van der Waals surface area contributed by atoms with E-state index in [0.717, 1.165) is 0 Å². The number of hydrogen-bond acceptors (Lipinski definition) is 0. The maximum absolute atomic E-state index is 2.29. The van der Waals surface area contributed by atoms with Crippen LogP contribution in [0.25, 0.3) is 5.57 Å². The Morgan fingerprint density at radius 2 is 2.00 bits per heavy atom. The summed E-state index contributed by atoms with van der Waals surface area (Å²) in [5.41, 5.74) is 4.26. The van der Waals surface area contributed by atoms with Crippen LogP contribution < -0.4 is 0 Å². The molecule has 0 N–H and O–H groups in total. The molecule has 0 heteroatoms. The third-order valence-electron chi connectivity index (χ3n) is 2.96. The minimum atomic E-state index is 0.654. The lowest BCUT2D eigenvalue weighted by Crippen LogP contribution is -1.96. The maximum atomic E-state index is 2.29. The fourth-order valence-electron chi connectivity index (χ4n) is 1.66. The predicted octanol–water partition coefficient (Wildman–Crippen LogP) is 4.62. The van der Waals surface area contributed by atoms with Gasteiger partial charge in [0.15, 0.2) is 0 Å². The van der Waals surface area contributed by atoms with Crippen molar-refractivity contribution in [1.29, 1.82) is 0 Å². The second kappa shape index (κ2) is 4.99. The van der Waals surface area contributed by atoms with Crippen molar-refractivity contribution in [2.75, 3.05) is 0 Å². The van der Waals surface area contributed by atoms with Gasteiger partial charge in [-0.1, -0.05) is 44.2 Å². The summed E-state index contributed by atoms with van der Waals surface area (Å²) < 4.78 is 0. The zero-order valence-electron chi connectivity index (χ0n) is 9.67. The summed E-state index contributed by atoms with van der Waals surface area (Å²) in [7, 11) is 0. The normalized spacial score (nSPS) is 14.1. The summed E-state index contributed by atoms with van der Waals surface area (Å²) in [5.74, 6) is 0.654. The first-order valence-corrected chi connectivity index (χ1v) is 5.42. The number of hydrogen-bond donors (Lipinski definition) is 0. The molecule has 0 spiro atoms. The SMILES string of the molecule is C/C=C(/C)c1ccccc1C(C)CC. The van der Waals surface area contributed by atoms with Gasteiger partial charge in [0.25, 0.3) is 0 Å². The van der Waals surface area contributed by atoms with Gasteiger partial charge in [0.2, 0.25) is 0 Å². The van der Waals surface area contributed by atoms with Crippen molar-refractivity contribution in [2.24, 2.45) is 0 Å². The molecule has 1 unspecified atom stereocenters. The van der Waals surface area contributed by atoms with E-state index in [9.17, 15) is 0 Å². The molecular weight excluding hydrogens is 168 g/mol. The van der Waals surface area contributed by atoms with E-state index in [2.05, 4.69) is 58.0 Å². The highest BCUT2D eigenvalue weighted by Crippen LogP contribution is 2.27. The van der Waals surface area contributed by atoms with Crippen molar-refractivity contribution >= 4 is 5.57 Å². The average Bonchev–Trinajstić information content (AvgIpc) is 2.27. The van der Waals surface area contributed by atoms with Crippen molar-refractivity contribution in [3.63, 3.8) is 0 Å². The topological polar surface area (TPSA) is 0 Å². The van der Waals surface area contributed by atoms with Crippen LogP contribution in [0.1, 0.15) is 51.2 Å². The van der Waals surface area contributed by atoms with E-state index < -0.39 is 0 Å². The van der Waals surface area contributed by atoms with Crippen LogP contribution in [0.15, 0.2) is 30.3 Å². The Balaban J connectivity index is 3.16. The predicted molar refractivity (Wildman–Crippen MR) is 64.5 cm³/mol. The molecule has 0 heterocycles. The lowest BCUT2D eigenvalue weighted by atomic mass is 9.90. The highest BCUT2D eigenvalue weighted by molar-refractivity contribution is 5.66. The Morgan fingerprint density at radius 1 is 1.36 bits per heavy atom. The van der Waals surface area contributed by atoms with Crippen LogP contribution in [0.5, 0.6) is 0 Å². The minimum absolute atomic E-state index is 0.654. The third kappa shape index (κ3) is 2.25. The molecule has 0 aliphatic heterocycles. The van der Waals surface area contributed by atoms with Crippen LogP contribution in [-0.2, 0) is 0 Å². The zero-order chi connectivity index (χ0) is 10.6. The van der Waals surface area contributed by atoms with E-state index in [-0.39, 0.29) is 0 Å². The molecular formula is C14H20. The van der Waals surface area contributed by atoms with Crippen molar-refractivity contribution in [2.45, 2.75) is 40.0 Å². The first-order chi connectivity index (χ1) is 6.70. The summed E-state index contributed by atoms with van der Waals surface area (Å²) in [4.78, 5) is 0. The summed E-state index contributed by atoms with van der Waals surface area (Å²) >= 11 is 0. The molecule has 1 aromatic carbocycles. The Hall–Kier alpha value is -1.04. The van der Waals surface area contributed by atoms with E-state index in [1.165, 1.54) is 23.1 Å². The van der Waals surface area contributed by atoms with Crippen LogP contribution in [0.2, 0.25) is 0 Å². The Morgan fingerprint density at radius 3 is 2.57 bits per heavy atom. The molecule has 1 aromatic rings. The van der Waals surface area contributed by atoms with Crippen LogP contribution in [0.4, 0.5) is 0 Å². The summed E-state index contributed by atoms with van der Waals surface area (Å²) in [6.45, 7) is 8.82. The summed E-state index contributed by atoms with van der Waals surface area (Å²) in [6.07, 6.45) is 3.38. The van der Waals surface area contributed by atoms with Crippen molar-refractivity contribution in [3.8, 4) is 0 Å². The Labute approximate surface area is 87.7 Å². The molecule has 0 amide bonds. The van der Waals surface area contributed by atoms with E-state index in [4.69, 9.17) is 0 Å². The van der Waals surface area contributed by atoms with Gasteiger partial charge in [-0.3, -0.25) is 0 Å². The largest absolute Gasteiger partial charge is 0.0841 e. The molecule has 0 saturated carbocycles. The molecule has 0 aliphatic carbocycles. The highest BCUT2D eigenvalue weighted by atomic mass is 14.1. The van der Waals surface area contributed by atoms with Gasteiger partial charge < -0.3 is 0 Å². The lowest BCUT2D eigenvalue weighted by molar-refractivity contribution is 0.731. The monoisotopic (exact) mass is 188 g/mol. The average molecular weight is 188 g/mol. The van der Waals surface area contributed by atoms with Crippen LogP contribution in [0, 0.1) is 0 Å². The second-order valence-electron chi connectivity index (χ2n) is 3.87. The fraction of sp³-hybridized carbons (Fsp3) is 0.429. The molecule has 1 atom stereocenters. The molecule has 0 radical (unpaired) electrons.